The van der Waals surface area contributed by atoms with Gasteiger partial charge in [0.05, 0.1) is 7.11 Å². The van der Waals surface area contributed by atoms with Crippen LogP contribution in [0.1, 0.15) is 40.0 Å². The van der Waals surface area contributed by atoms with E-state index in [1.54, 1.807) is 7.11 Å². The molecule has 1 saturated heterocycles. The third-order valence-corrected chi connectivity index (χ3v) is 3.72. The molecule has 1 fully saturated rings. The molecular weight excluding hydrogens is 254 g/mol. The number of methoxy groups -OCH3 is 1. The van der Waals surface area contributed by atoms with Crippen molar-refractivity contribution < 1.29 is 4.74 Å². The van der Waals surface area contributed by atoms with Gasteiger partial charge in [-0.3, -0.25) is 0 Å². The molecule has 1 aliphatic rings. The van der Waals surface area contributed by atoms with Crippen LogP contribution in [0.15, 0.2) is 0 Å². The molecule has 0 unspecified atom stereocenters. The van der Waals surface area contributed by atoms with Crippen molar-refractivity contribution in [1.82, 2.24) is 15.0 Å². The largest absolute Gasteiger partial charge is 0.467 e. The number of aromatic nitrogens is 3. The van der Waals surface area contributed by atoms with E-state index in [2.05, 4.69) is 45.9 Å². The summed E-state index contributed by atoms with van der Waals surface area (Å²) in [6.07, 6.45) is 3.33. The summed E-state index contributed by atoms with van der Waals surface area (Å²) in [6.45, 7) is 9.54. The van der Waals surface area contributed by atoms with Crippen LogP contribution in [0, 0.1) is 5.41 Å². The van der Waals surface area contributed by atoms with Gasteiger partial charge in [-0.05, 0) is 24.7 Å². The molecule has 0 aliphatic carbocycles. The third kappa shape index (κ3) is 3.71. The van der Waals surface area contributed by atoms with Crippen LogP contribution in [0.2, 0.25) is 0 Å². The normalized spacial score (nSPS) is 17.9. The highest BCUT2D eigenvalue weighted by molar-refractivity contribution is 5.38. The van der Waals surface area contributed by atoms with E-state index in [1.165, 1.54) is 0 Å². The van der Waals surface area contributed by atoms with Gasteiger partial charge in [0.25, 0.3) is 0 Å². The SMILES string of the molecule is CCCNc1nc(OC)nc(N2CCC(C)(C)CC2)n1. The molecule has 6 heteroatoms. The van der Waals surface area contributed by atoms with Crippen molar-refractivity contribution in [2.75, 3.05) is 37.0 Å². The van der Waals surface area contributed by atoms with Gasteiger partial charge in [-0.2, -0.15) is 15.0 Å². The van der Waals surface area contributed by atoms with Crippen LogP contribution >= 0.6 is 0 Å². The highest BCUT2D eigenvalue weighted by atomic mass is 16.5. The summed E-state index contributed by atoms with van der Waals surface area (Å²) in [6, 6.07) is 0.374. The second-order valence-corrected chi connectivity index (χ2v) is 6.02. The minimum Gasteiger partial charge on any atom is -0.467 e. The zero-order valence-corrected chi connectivity index (χ0v) is 12.9. The molecule has 0 saturated carbocycles. The van der Waals surface area contributed by atoms with Crippen molar-refractivity contribution in [3.05, 3.63) is 0 Å². The predicted molar refractivity (Wildman–Crippen MR) is 80.4 cm³/mol. The summed E-state index contributed by atoms with van der Waals surface area (Å²) in [7, 11) is 1.59. The van der Waals surface area contributed by atoms with Crippen LogP contribution in [-0.4, -0.2) is 41.7 Å². The Kier molecular flexibility index (Phi) is 4.62. The van der Waals surface area contributed by atoms with Crippen molar-refractivity contribution >= 4 is 11.9 Å². The van der Waals surface area contributed by atoms with Crippen molar-refractivity contribution in [3.8, 4) is 6.01 Å². The van der Waals surface area contributed by atoms with Crippen LogP contribution in [0.25, 0.3) is 0 Å². The fourth-order valence-electron chi connectivity index (χ4n) is 2.21. The number of anilines is 2. The lowest BCUT2D eigenvalue weighted by Gasteiger charge is -2.36. The zero-order chi connectivity index (χ0) is 14.6. The fourth-order valence-corrected chi connectivity index (χ4v) is 2.21. The Morgan fingerprint density at radius 1 is 1.20 bits per heavy atom. The number of ether oxygens (including phenoxy) is 1. The molecule has 0 bridgehead atoms. The van der Waals surface area contributed by atoms with E-state index in [1.807, 2.05) is 0 Å². The number of hydrogen-bond donors (Lipinski definition) is 1. The fraction of sp³-hybridized carbons (Fsp3) is 0.786. The number of nitrogens with one attached hydrogen (secondary N) is 1. The lowest BCUT2D eigenvalue weighted by Crippen LogP contribution is -2.38. The second-order valence-electron chi connectivity index (χ2n) is 6.02. The highest BCUT2D eigenvalue weighted by Gasteiger charge is 2.27. The van der Waals surface area contributed by atoms with E-state index in [0.29, 0.717) is 23.3 Å². The van der Waals surface area contributed by atoms with Gasteiger partial charge >= 0.3 is 6.01 Å². The lowest BCUT2D eigenvalue weighted by molar-refractivity contribution is 0.277. The van der Waals surface area contributed by atoms with Gasteiger partial charge in [0, 0.05) is 19.6 Å². The molecule has 1 aromatic rings. The maximum Gasteiger partial charge on any atom is 0.322 e. The molecule has 0 aromatic carbocycles. The molecule has 6 nitrogen and oxygen atoms in total. The van der Waals surface area contributed by atoms with Crippen LogP contribution in [0.5, 0.6) is 6.01 Å². The van der Waals surface area contributed by atoms with E-state index in [0.717, 1.165) is 38.9 Å². The van der Waals surface area contributed by atoms with Gasteiger partial charge in [0.15, 0.2) is 0 Å². The first-order valence-corrected chi connectivity index (χ1v) is 7.33. The van der Waals surface area contributed by atoms with Crippen molar-refractivity contribution in [1.29, 1.82) is 0 Å². The smallest absolute Gasteiger partial charge is 0.322 e. The summed E-state index contributed by atoms with van der Waals surface area (Å²) in [5.74, 6) is 1.31. The third-order valence-electron chi connectivity index (χ3n) is 3.72. The molecular formula is C14H25N5O. The Hall–Kier alpha value is -1.59. The molecule has 20 heavy (non-hydrogen) atoms. The minimum absolute atomic E-state index is 0.374. The summed E-state index contributed by atoms with van der Waals surface area (Å²) < 4.78 is 5.18. The maximum absolute atomic E-state index is 5.18. The first-order chi connectivity index (χ1) is 9.54. The van der Waals surface area contributed by atoms with Crippen molar-refractivity contribution in [3.63, 3.8) is 0 Å². The van der Waals surface area contributed by atoms with Gasteiger partial charge in [0.2, 0.25) is 11.9 Å². The number of rotatable bonds is 5. The van der Waals surface area contributed by atoms with E-state index < -0.39 is 0 Å². The van der Waals surface area contributed by atoms with Gasteiger partial charge in [-0.25, -0.2) is 0 Å². The molecule has 0 radical (unpaired) electrons. The standard InChI is InChI=1S/C14H25N5O/c1-5-8-15-11-16-12(18-13(17-11)20-4)19-9-6-14(2,3)7-10-19/h5-10H2,1-4H3,(H,15,16,17,18). The molecule has 0 amide bonds. The molecule has 2 rings (SSSR count). The van der Waals surface area contributed by atoms with Crippen molar-refractivity contribution in [2.45, 2.75) is 40.0 Å². The summed E-state index contributed by atoms with van der Waals surface area (Å²) in [4.78, 5) is 15.3. The van der Waals surface area contributed by atoms with Gasteiger partial charge in [-0.15, -0.1) is 0 Å². The van der Waals surface area contributed by atoms with Gasteiger partial charge in [-0.1, -0.05) is 20.8 Å². The molecule has 1 N–H and O–H groups in total. The van der Waals surface area contributed by atoms with Crippen molar-refractivity contribution in [2.24, 2.45) is 5.41 Å². The quantitative estimate of drug-likeness (QED) is 0.892. The Morgan fingerprint density at radius 3 is 2.50 bits per heavy atom. The summed E-state index contributed by atoms with van der Waals surface area (Å²) in [5.41, 5.74) is 0.414. The van der Waals surface area contributed by atoms with Crippen LogP contribution < -0.4 is 15.0 Å². The minimum atomic E-state index is 0.374. The van der Waals surface area contributed by atoms with E-state index in [-0.39, 0.29) is 0 Å². The average Bonchev–Trinajstić information content (AvgIpc) is 2.44. The molecule has 1 aromatic heterocycles. The molecule has 2 heterocycles. The molecule has 0 atom stereocenters. The van der Waals surface area contributed by atoms with E-state index >= 15 is 0 Å². The number of nitrogens with zero attached hydrogens (tertiary/aromatic N) is 4. The first-order valence-electron chi connectivity index (χ1n) is 7.33. The topological polar surface area (TPSA) is 63.2 Å². The molecule has 0 spiro atoms. The van der Waals surface area contributed by atoms with Crippen LogP contribution in [-0.2, 0) is 0 Å². The van der Waals surface area contributed by atoms with Gasteiger partial charge < -0.3 is 15.0 Å². The highest BCUT2D eigenvalue weighted by Crippen LogP contribution is 2.31. The Labute approximate surface area is 121 Å². The maximum atomic E-state index is 5.18. The molecule has 112 valence electrons. The van der Waals surface area contributed by atoms with Crippen LogP contribution in [0.3, 0.4) is 0 Å². The summed E-state index contributed by atoms with van der Waals surface area (Å²) in [5, 5.41) is 3.20. The van der Waals surface area contributed by atoms with Gasteiger partial charge in [0.1, 0.15) is 0 Å². The first kappa shape index (κ1) is 14.8. The second kappa shape index (κ2) is 6.24. The van der Waals surface area contributed by atoms with E-state index in [9.17, 15) is 0 Å². The zero-order valence-electron chi connectivity index (χ0n) is 12.9. The lowest BCUT2D eigenvalue weighted by atomic mass is 9.83. The van der Waals surface area contributed by atoms with E-state index in [4.69, 9.17) is 4.74 Å². The number of hydrogen-bond acceptors (Lipinski definition) is 6. The summed E-state index contributed by atoms with van der Waals surface area (Å²) >= 11 is 0. The average molecular weight is 279 g/mol. The van der Waals surface area contributed by atoms with Crippen LogP contribution in [0.4, 0.5) is 11.9 Å². The Morgan fingerprint density at radius 2 is 1.90 bits per heavy atom. The predicted octanol–water partition coefficient (Wildman–Crippen LogP) is 2.33. The molecule has 1 aliphatic heterocycles. The monoisotopic (exact) mass is 279 g/mol. The number of piperidine rings is 1. The Balaban J connectivity index is 2.14. The Bertz CT molecular complexity index is 439.